The van der Waals surface area contributed by atoms with Crippen LogP contribution in [0.5, 0.6) is 0 Å². The van der Waals surface area contributed by atoms with E-state index in [9.17, 15) is 18.0 Å². The second-order valence-electron chi connectivity index (χ2n) is 9.48. The Kier molecular flexibility index (Phi) is 6.83. The van der Waals surface area contributed by atoms with Gasteiger partial charge in [0.25, 0.3) is 5.91 Å². The molecule has 2 aromatic carbocycles. The lowest BCUT2D eigenvalue weighted by Gasteiger charge is -2.46. The molecule has 0 unspecified atom stereocenters. The van der Waals surface area contributed by atoms with E-state index in [0.29, 0.717) is 49.2 Å². The number of carbonyl (C=O) groups is 2. The summed E-state index contributed by atoms with van der Waals surface area (Å²) < 4.78 is 28.4. The molecule has 35 heavy (non-hydrogen) atoms. The molecule has 9 nitrogen and oxygen atoms in total. The van der Waals surface area contributed by atoms with Gasteiger partial charge in [0.15, 0.2) is 0 Å². The van der Waals surface area contributed by atoms with Gasteiger partial charge in [-0.25, -0.2) is 8.42 Å². The van der Waals surface area contributed by atoms with Crippen LogP contribution < -0.4 is 15.4 Å². The lowest BCUT2D eigenvalue weighted by atomic mass is 9.95. The number of likely N-dealkylation sites (tertiary alicyclic amines) is 1. The quantitative estimate of drug-likeness (QED) is 0.584. The number of rotatable bonds is 5. The van der Waals surface area contributed by atoms with Gasteiger partial charge in [-0.1, -0.05) is 32.0 Å². The third kappa shape index (κ3) is 5.31. The Balaban J connectivity index is 1.46. The minimum absolute atomic E-state index is 0.161. The van der Waals surface area contributed by atoms with Gasteiger partial charge in [0.1, 0.15) is 16.6 Å². The van der Waals surface area contributed by atoms with E-state index in [-0.39, 0.29) is 16.7 Å². The van der Waals surface area contributed by atoms with E-state index in [2.05, 4.69) is 15.4 Å². The van der Waals surface area contributed by atoms with Crippen molar-refractivity contribution in [2.75, 3.05) is 18.4 Å². The highest BCUT2D eigenvalue weighted by Gasteiger charge is 2.44. The maximum Gasteiger partial charge on any atom is 0.251 e. The lowest BCUT2D eigenvalue weighted by Crippen LogP contribution is -2.63. The molecule has 2 amide bonds. The number of sulfonamides is 1. The van der Waals surface area contributed by atoms with Gasteiger partial charge in [-0.3, -0.25) is 9.59 Å². The fourth-order valence-corrected chi connectivity index (χ4v) is 6.17. The minimum Gasteiger partial charge on any atom is -0.365 e. The van der Waals surface area contributed by atoms with Gasteiger partial charge in [-0.2, -0.15) is 9.98 Å². The van der Waals surface area contributed by atoms with Gasteiger partial charge in [0.2, 0.25) is 15.9 Å². The van der Waals surface area contributed by atoms with Crippen molar-refractivity contribution in [2.45, 2.75) is 49.7 Å². The van der Waals surface area contributed by atoms with E-state index >= 15 is 0 Å². The Bertz CT molecular complexity index is 1280. The van der Waals surface area contributed by atoms with E-state index in [4.69, 9.17) is 5.26 Å². The van der Waals surface area contributed by atoms with Crippen molar-refractivity contribution in [3.8, 4) is 6.07 Å². The van der Waals surface area contributed by atoms with Crippen LogP contribution in [-0.4, -0.2) is 49.9 Å². The molecule has 1 fully saturated rings. The molecule has 3 N–H and O–H groups in total. The molecule has 1 saturated heterocycles. The van der Waals surface area contributed by atoms with Crippen molar-refractivity contribution < 1.29 is 18.0 Å². The third-order valence-electron chi connectivity index (χ3n) is 6.37. The van der Waals surface area contributed by atoms with Crippen molar-refractivity contribution in [3.05, 3.63) is 59.7 Å². The van der Waals surface area contributed by atoms with Gasteiger partial charge in [-0.15, -0.1) is 0 Å². The highest BCUT2D eigenvalue weighted by atomic mass is 32.2. The first-order chi connectivity index (χ1) is 16.6. The number of fused-ring (bicyclic) bond motifs is 1. The number of hydrogen-bond donors (Lipinski definition) is 3. The summed E-state index contributed by atoms with van der Waals surface area (Å²) in [5.74, 6) is -0.445. The number of carbonyl (C=O) groups excluding carboxylic acids is 2. The molecule has 2 aromatic rings. The molecule has 1 spiro atoms. The maximum atomic E-state index is 13.4. The molecular formula is C25H29N5O4S. The molecule has 0 aliphatic carbocycles. The fourth-order valence-electron chi connectivity index (χ4n) is 4.62. The SMILES string of the molecule is CC(C)C[C@H](NC(=O)c1cccc(C#N)c1)C(=O)N1CCC2(CC1)Nc1ccccc1S(=O)(=O)N2. The first-order valence-corrected chi connectivity index (χ1v) is 13.1. The van der Waals surface area contributed by atoms with Crippen LogP contribution in [0.2, 0.25) is 0 Å². The summed E-state index contributed by atoms with van der Waals surface area (Å²) in [5.41, 5.74) is 0.381. The standard InChI is InChI=1S/C25H29N5O4S/c1-17(2)14-21(27-23(31)19-7-5-6-18(15-19)16-26)24(32)30-12-10-25(11-13-30)28-20-8-3-4-9-22(20)35(33,34)29-25/h3-9,15,17,21,28-29H,10-14H2,1-2H3,(H,27,31)/t21-/m0/s1. The number of hydrogen-bond acceptors (Lipinski definition) is 6. The van der Waals surface area contributed by atoms with Crippen LogP contribution in [0.25, 0.3) is 0 Å². The Morgan fingerprint density at radius 2 is 1.86 bits per heavy atom. The summed E-state index contributed by atoms with van der Waals surface area (Å²) in [6.07, 6.45) is 1.24. The number of amides is 2. The number of piperidine rings is 1. The third-order valence-corrected chi connectivity index (χ3v) is 7.97. The Morgan fingerprint density at radius 1 is 1.14 bits per heavy atom. The van der Waals surface area contributed by atoms with Gasteiger partial charge >= 0.3 is 0 Å². The molecular weight excluding hydrogens is 466 g/mol. The van der Waals surface area contributed by atoms with Crippen LogP contribution in [-0.2, 0) is 14.8 Å². The second kappa shape index (κ2) is 9.68. The monoisotopic (exact) mass is 495 g/mol. The molecule has 1 atom stereocenters. The molecule has 0 radical (unpaired) electrons. The smallest absolute Gasteiger partial charge is 0.251 e. The van der Waals surface area contributed by atoms with Crippen LogP contribution in [0.1, 0.15) is 49.0 Å². The number of anilines is 1. The molecule has 0 saturated carbocycles. The minimum atomic E-state index is -3.67. The summed E-state index contributed by atoms with van der Waals surface area (Å²) in [5, 5.41) is 15.3. The summed E-state index contributed by atoms with van der Waals surface area (Å²) in [7, 11) is -3.67. The summed E-state index contributed by atoms with van der Waals surface area (Å²) in [4.78, 5) is 28.2. The zero-order valence-corrected chi connectivity index (χ0v) is 20.6. The van der Waals surface area contributed by atoms with Crippen molar-refractivity contribution in [2.24, 2.45) is 5.92 Å². The van der Waals surface area contributed by atoms with E-state index in [1.807, 2.05) is 19.9 Å². The molecule has 2 heterocycles. The Labute approximate surface area is 205 Å². The number of nitrogens with zero attached hydrogens (tertiary/aromatic N) is 2. The van der Waals surface area contributed by atoms with Crippen molar-refractivity contribution >= 4 is 27.5 Å². The van der Waals surface area contributed by atoms with Gasteiger partial charge in [0.05, 0.1) is 17.3 Å². The van der Waals surface area contributed by atoms with Crippen LogP contribution in [0.15, 0.2) is 53.4 Å². The largest absolute Gasteiger partial charge is 0.365 e. The summed E-state index contributed by atoms with van der Waals surface area (Å²) in [6, 6.07) is 14.4. The van der Waals surface area contributed by atoms with E-state index in [0.717, 1.165) is 0 Å². The number of benzene rings is 2. The first-order valence-electron chi connectivity index (χ1n) is 11.6. The van der Waals surface area contributed by atoms with Crippen LogP contribution in [0, 0.1) is 17.2 Å². The predicted molar refractivity (Wildman–Crippen MR) is 131 cm³/mol. The van der Waals surface area contributed by atoms with Gasteiger partial charge in [-0.05, 0) is 42.7 Å². The summed E-state index contributed by atoms with van der Waals surface area (Å²) in [6.45, 7) is 4.63. The van der Waals surface area contributed by atoms with Crippen molar-refractivity contribution in [3.63, 3.8) is 0 Å². The Hall–Kier alpha value is -3.42. The highest BCUT2D eigenvalue weighted by molar-refractivity contribution is 7.89. The van der Waals surface area contributed by atoms with Crippen LogP contribution >= 0.6 is 0 Å². The zero-order chi connectivity index (χ0) is 25.2. The van der Waals surface area contributed by atoms with Gasteiger partial charge < -0.3 is 15.5 Å². The topological polar surface area (TPSA) is 131 Å². The van der Waals surface area contributed by atoms with Gasteiger partial charge in [0, 0.05) is 31.5 Å². The molecule has 0 aromatic heterocycles. The van der Waals surface area contributed by atoms with Crippen LogP contribution in [0.3, 0.4) is 0 Å². The molecule has 10 heteroatoms. The molecule has 184 valence electrons. The molecule has 2 aliphatic heterocycles. The van der Waals surface area contributed by atoms with E-state index in [1.54, 1.807) is 47.4 Å². The fraction of sp³-hybridized carbons (Fsp3) is 0.400. The number of nitriles is 1. The van der Waals surface area contributed by atoms with Crippen molar-refractivity contribution in [1.29, 1.82) is 5.26 Å². The zero-order valence-electron chi connectivity index (χ0n) is 19.7. The average molecular weight is 496 g/mol. The highest BCUT2D eigenvalue weighted by Crippen LogP contribution is 2.35. The normalized spacial score (nSPS) is 18.7. The number of nitrogens with one attached hydrogen (secondary N) is 3. The predicted octanol–water partition coefficient (Wildman–Crippen LogP) is 2.43. The summed E-state index contributed by atoms with van der Waals surface area (Å²) >= 11 is 0. The maximum absolute atomic E-state index is 13.4. The lowest BCUT2D eigenvalue weighted by molar-refractivity contribution is -0.135. The van der Waals surface area contributed by atoms with E-state index < -0.39 is 27.6 Å². The Morgan fingerprint density at radius 3 is 2.54 bits per heavy atom. The second-order valence-corrected chi connectivity index (χ2v) is 11.1. The number of para-hydroxylation sites is 1. The molecule has 2 aliphatic rings. The molecule has 0 bridgehead atoms. The van der Waals surface area contributed by atoms with E-state index in [1.165, 1.54) is 6.07 Å². The average Bonchev–Trinajstić information content (AvgIpc) is 2.83. The molecule has 4 rings (SSSR count). The van der Waals surface area contributed by atoms with Crippen molar-refractivity contribution in [1.82, 2.24) is 14.9 Å². The first kappa shape index (κ1) is 24.7. The van der Waals surface area contributed by atoms with Crippen LogP contribution in [0.4, 0.5) is 5.69 Å².